The SMILES string of the molecule is Clc1cnc2c(c1)SCC[C@H]1CNCCN21. The zero-order chi connectivity index (χ0) is 11.0. The van der Waals surface area contributed by atoms with E-state index in [0.717, 1.165) is 36.2 Å². The molecule has 1 N–H and O–H groups in total. The average molecular weight is 256 g/mol. The number of hydrogen-bond donors (Lipinski definition) is 1. The van der Waals surface area contributed by atoms with Crippen molar-refractivity contribution in [1.29, 1.82) is 0 Å². The fourth-order valence-electron chi connectivity index (χ4n) is 2.34. The molecule has 0 spiro atoms. The molecule has 0 radical (unpaired) electrons. The van der Waals surface area contributed by atoms with E-state index in [1.54, 1.807) is 6.20 Å². The van der Waals surface area contributed by atoms with Gasteiger partial charge in [-0.05, 0) is 12.5 Å². The van der Waals surface area contributed by atoms with E-state index in [-0.39, 0.29) is 0 Å². The summed E-state index contributed by atoms with van der Waals surface area (Å²) in [5.41, 5.74) is 0. The maximum Gasteiger partial charge on any atom is 0.142 e. The van der Waals surface area contributed by atoms with Crippen molar-refractivity contribution in [2.75, 3.05) is 30.3 Å². The summed E-state index contributed by atoms with van der Waals surface area (Å²) in [7, 11) is 0. The van der Waals surface area contributed by atoms with E-state index >= 15 is 0 Å². The number of anilines is 1. The van der Waals surface area contributed by atoms with Crippen LogP contribution in [0.3, 0.4) is 0 Å². The van der Waals surface area contributed by atoms with Gasteiger partial charge in [0, 0.05) is 37.6 Å². The minimum Gasteiger partial charge on any atom is -0.350 e. The standard InChI is InChI=1S/C11H14ClN3S/c12-8-5-10-11(14-6-8)15-3-2-13-7-9(15)1-4-16-10/h5-6,9,13H,1-4,7H2/t9-/m0/s1. The van der Waals surface area contributed by atoms with E-state index in [9.17, 15) is 0 Å². The van der Waals surface area contributed by atoms with E-state index in [1.807, 2.05) is 17.8 Å². The fourth-order valence-corrected chi connectivity index (χ4v) is 3.68. The lowest BCUT2D eigenvalue weighted by Gasteiger charge is -2.36. The number of halogens is 1. The molecule has 0 amide bonds. The van der Waals surface area contributed by atoms with Crippen molar-refractivity contribution < 1.29 is 0 Å². The first kappa shape index (κ1) is 10.7. The maximum atomic E-state index is 6.00. The third-order valence-corrected chi connectivity index (χ3v) is 4.39. The molecule has 2 aliphatic rings. The highest BCUT2D eigenvalue weighted by Crippen LogP contribution is 2.36. The first-order valence-electron chi connectivity index (χ1n) is 5.60. The van der Waals surface area contributed by atoms with Crippen molar-refractivity contribution >= 4 is 29.2 Å². The zero-order valence-corrected chi connectivity index (χ0v) is 10.5. The van der Waals surface area contributed by atoms with Gasteiger partial charge in [0.25, 0.3) is 0 Å². The summed E-state index contributed by atoms with van der Waals surface area (Å²) in [5, 5.41) is 4.19. The van der Waals surface area contributed by atoms with Crippen LogP contribution in [-0.4, -0.2) is 36.4 Å². The lowest BCUT2D eigenvalue weighted by atomic mass is 10.1. The molecule has 3 heterocycles. The second-order valence-electron chi connectivity index (χ2n) is 4.16. The maximum absolute atomic E-state index is 6.00. The minimum atomic E-state index is 0.594. The molecule has 1 fully saturated rings. The van der Waals surface area contributed by atoms with E-state index in [0.29, 0.717) is 6.04 Å². The number of nitrogens with zero attached hydrogens (tertiary/aromatic N) is 2. The number of pyridine rings is 1. The quantitative estimate of drug-likeness (QED) is 0.768. The predicted molar refractivity (Wildman–Crippen MR) is 68.6 cm³/mol. The summed E-state index contributed by atoms with van der Waals surface area (Å²) in [6.45, 7) is 3.17. The highest BCUT2D eigenvalue weighted by atomic mass is 35.5. The fraction of sp³-hybridized carbons (Fsp3) is 0.545. The summed E-state index contributed by atoms with van der Waals surface area (Å²) >= 11 is 7.87. The third-order valence-electron chi connectivity index (χ3n) is 3.13. The number of thioether (sulfide) groups is 1. The molecule has 0 unspecified atom stereocenters. The van der Waals surface area contributed by atoms with Crippen LogP contribution in [0.15, 0.2) is 17.2 Å². The Balaban J connectivity index is 2.00. The van der Waals surface area contributed by atoms with Crippen LogP contribution in [0.4, 0.5) is 5.82 Å². The molecule has 1 atom stereocenters. The monoisotopic (exact) mass is 255 g/mol. The van der Waals surface area contributed by atoms with Gasteiger partial charge < -0.3 is 10.2 Å². The zero-order valence-electron chi connectivity index (χ0n) is 8.95. The smallest absolute Gasteiger partial charge is 0.142 e. The van der Waals surface area contributed by atoms with E-state index in [4.69, 9.17) is 11.6 Å². The second-order valence-corrected chi connectivity index (χ2v) is 5.74. The van der Waals surface area contributed by atoms with Crippen LogP contribution in [-0.2, 0) is 0 Å². The van der Waals surface area contributed by atoms with Gasteiger partial charge in [-0.2, -0.15) is 0 Å². The Hall–Kier alpha value is -0.450. The highest BCUT2D eigenvalue weighted by molar-refractivity contribution is 7.99. The second kappa shape index (κ2) is 4.43. The molecule has 0 bridgehead atoms. The Kier molecular flexibility index (Phi) is 2.96. The van der Waals surface area contributed by atoms with Crippen LogP contribution in [0, 0.1) is 0 Å². The Labute approximate surface area is 105 Å². The van der Waals surface area contributed by atoms with Gasteiger partial charge in [-0.3, -0.25) is 0 Å². The van der Waals surface area contributed by atoms with Gasteiger partial charge in [0.2, 0.25) is 0 Å². The normalized spacial score (nSPS) is 24.6. The van der Waals surface area contributed by atoms with Gasteiger partial charge in [0.1, 0.15) is 5.82 Å². The van der Waals surface area contributed by atoms with Gasteiger partial charge in [0.15, 0.2) is 0 Å². The van der Waals surface area contributed by atoms with E-state index < -0.39 is 0 Å². The van der Waals surface area contributed by atoms with Crippen LogP contribution in [0.5, 0.6) is 0 Å². The van der Waals surface area contributed by atoms with E-state index in [2.05, 4.69) is 15.2 Å². The number of nitrogens with one attached hydrogen (secondary N) is 1. The number of fused-ring (bicyclic) bond motifs is 3. The van der Waals surface area contributed by atoms with Crippen LogP contribution >= 0.6 is 23.4 Å². The van der Waals surface area contributed by atoms with Crippen LogP contribution in [0.25, 0.3) is 0 Å². The Morgan fingerprint density at radius 2 is 2.50 bits per heavy atom. The first-order valence-corrected chi connectivity index (χ1v) is 6.96. The molecule has 5 heteroatoms. The molecule has 0 aromatic carbocycles. The van der Waals surface area contributed by atoms with Gasteiger partial charge in [-0.15, -0.1) is 11.8 Å². The third kappa shape index (κ3) is 1.90. The Morgan fingerprint density at radius 3 is 3.44 bits per heavy atom. The number of hydrogen-bond acceptors (Lipinski definition) is 4. The summed E-state index contributed by atoms with van der Waals surface area (Å²) in [6.07, 6.45) is 2.97. The van der Waals surface area contributed by atoms with Crippen LogP contribution < -0.4 is 10.2 Å². The summed E-state index contributed by atoms with van der Waals surface area (Å²) < 4.78 is 0. The molecule has 1 saturated heterocycles. The molecule has 1 aromatic heterocycles. The van der Waals surface area contributed by atoms with Crippen molar-refractivity contribution in [3.8, 4) is 0 Å². The van der Waals surface area contributed by atoms with Crippen molar-refractivity contribution in [3.05, 3.63) is 17.3 Å². The molecular formula is C11H14ClN3S. The highest BCUT2D eigenvalue weighted by Gasteiger charge is 2.27. The van der Waals surface area contributed by atoms with Crippen molar-refractivity contribution in [1.82, 2.24) is 10.3 Å². The van der Waals surface area contributed by atoms with Crippen molar-refractivity contribution in [3.63, 3.8) is 0 Å². The molecule has 2 aliphatic heterocycles. The number of rotatable bonds is 0. The molecule has 16 heavy (non-hydrogen) atoms. The van der Waals surface area contributed by atoms with Crippen molar-refractivity contribution in [2.24, 2.45) is 0 Å². The molecule has 1 aromatic rings. The molecule has 0 aliphatic carbocycles. The Morgan fingerprint density at radius 1 is 1.56 bits per heavy atom. The lowest BCUT2D eigenvalue weighted by Crippen LogP contribution is -2.51. The lowest BCUT2D eigenvalue weighted by molar-refractivity contribution is 0.465. The van der Waals surface area contributed by atoms with Crippen LogP contribution in [0.1, 0.15) is 6.42 Å². The number of piperazine rings is 1. The summed E-state index contributed by atoms with van der Waals surface area (Å²) in [4.78, 5) is 8.17. The topological polar surface area (TPSA) is 28.2 Å². The molecule has 0 saturated carbocycles. The Bertz CT molecular complexity index is 399. The van der Waals surface area contributed by atoms with Crippen molar-refractivity contribution in [2.45, 2.75) is 17.4 Å². The minimum absolute atomic E-state index is 0.594. The average Bonchev–Trinajstić information content (AvgIpc) is 2.47. The number of aromatic nitrogens is 1. The summed E-state index contributed by atoms with van der Waals surface area (Å²) in [5.74, 6) is 2.27. The molecule has 86 valence electrons. The molecular weight excluding hydrogens is 242 g/mol. The van der Waals surface area contributed by atoms with E-state index in [1.165, 1.54) is 11.3 Å². The van der Waals surface area contributed by atoms with Crippen LogP contribution in [0.2, 0.25) is 5.02 Å². The summed E-state index contributed by atoms with van der Waals surface area (Å²) in [6, 6.07) is 2.63. The largest absolute Gasteiger partial charge is 0.350 e. The predicted octanol–water partition coefficient (Wildman–Crippen LogP) is 2.01. The molecule has 3 nitrogen and oxygen atoms in total. The molecule has 3 rings (SSSR count). The van der Waals surface area contributed by atoms with Gasteiger partial charge >= 0.3 is 0 Å². The van der Waals surface area contributed by atoms with Gasteiger partial charge in [0.05, 0.1) is 9.92 Å². The first-order chi connectivity index (χ1) is 7.84. The van der Waals surface area contributed by atoms with Gasteiger partial charge in [-0.25, -0.2) is 4.98 Å². The van der Waals surface area contributed by atoms with Gasteiger partial charge in [-0.1, -0.05) is 11.6 Å².